The van der Waals surface area contributed by atoms with E-state index in [0.29, 0.717) is 0 Å². The van der Waals surface area contributed by atoms with Crippen molar-refractivity contribution >= 4 is 10.1 Å². The minimum atomic E-state index is -5.84. The summed E-state index contributed by atoms with van der Waals surface area (Å²) in [5.41, 5.74) is -5.53. The number of alkyl halides is 3. The zero-order valence-corrected chi connectivity index (χ0v) is 11.2. The predicted octanol–water partition coefficient (Wildman–Crippen LogP) is 3.06. The van der Waals surface area contributed by atoms with E-state index in [0.717, 1.165) is 0 Å². The van der Waals surface area contributed by atoms with Crippen LogP contribution < -0.4 is 0 Å². The first kappa shape index (κ1) is 19.2. The van der Waals surface area contributed by atoms with Crippen molar-refractivity contribution < 1.29 is 45.6 Å². The summed E-state index contributed by atoms with van der Waals surface area (Å²) in [6, 6.07) is 0. The summed E-state index contributed by atoms with van der Waals surface area (Å²) in [5, 5.41) is 0. The zero-order chi connectivity index (χ0) is 12.7. The normalized spacial score (nSPS) is 19.8. The summed E-state index contributed by atoms with van der Waals surface area (Å²) >= 11 is 0. The summed E-state index contributed by atoms with van der Waals surface area (Å²) in [5.74, 6) is 0. The summed E-state index contributed by atoms with van der Waals surface area (Å²) < 4.78 is 57.5. The topological polar surface area (TPSA) is 54.4 Å². The fourth-order valence-corrected chi connectivity index (χ4v) is 0.874. The van der Waals surface area contributed by atoms with Gasteiger partial charge in [-0.25, -0.2) is 0 Å². The summed E-state index contributed by atoms with van der Waals surface area (Å²) in [6.07, 6.45) is 14.0. The van der Waals surface area contributed by atoms with Gasteiger partial charge >= 0.3 is 15.6 Å². The molecule has 0 aromatic rings. The largest absolute Gasteiger partial charge is 0.522 e. The smallest absolute Gasteiger partial charge is 0.279 e. The molecule has 0 atom stereocenters. The molecule has 0 aromatic carbocycles. The van der Waals surface area contributed by atoms with E-state index in [2.05, 4.69) is 24.3 Å². The van der Waals surface area contributed by atoms with Crippen molar-refractivity contribution in [2.24, 2.45) is 0 Å². The maximum absolute atomic E-state index is 10.7. The molecule has 0 spiro atoms. The molecule has 0 aromatic heterocycles. The number of hydrogen-bond donors (Lipinski definition) is 1. The van der Waals surface area contributed by atoms with Crippen molar-refractivity contribution in [2.45, 2.75) is 31.2 Å². The molecule has 1 aliphatic rings. The van der Waals surface area contributed by atoms with Crippen LogP contribution in [0.15, 0.2) is 24.3 Å². The van der Waals surface area contributed by atoms with Crippen LogP contribution in [-0.4, -0.2) is 18.5 Å². The molecular weight excluding hydrogens is 348 g/mol. The maximum atomic E-state index is 10.7. The summed E-state index contributed by atoms with van der Waals surface area (Å²) in [7, 11) is -5.84. The Labute approximate surface area is 111 Å². The van der Waals surface area contributed by atoms with Crippen LogP contribution >= 0.6 is 0 Å². The Bertz CT molecular complexity index is 333. The second-order valence-electron chi connectivity index (χ2n) is 3.06. The van der Waals surface area contributed by atoms with Crippen molar-refractivity contribution in [2.75, 3.05) is 0 Å². The number of hydrogen-bond acceptors (Lipinski definition) is 2. The first-order chi connectivity index (χ1) is 7.25. The molecule has 1 N–H and O–H groups in total. The Morgan fingerprint density at radius 2 is 1.29 bits per heavy atom. The van der Waals surface area contributed by atoms with Crippen molar-refractivity contribution in [3.8, 4) is 0 Å². The van der Waals surface area contributed by atoms with Crippen molar-refractivity contribution in [3.05, 3.63) is 24.3 Å². The van der Waals surface area contributed by atoms with E-state index in [1.165, 1.54) is 25.7 Å². The molecule has 0 amide bonds. The molecule has 0 saturated heterocycles. The number of allylic oxidation sites excluding steroid dienone is 4. The molecule has 103 valence electrons. The Balaban J connectivity index is 0. The average molecular weight is 361 g/mol. The Hall–Kier alpha value is -0.197. The molecule has 3 nitrogen and oxygen atoms in total. The van der Waals surface area contributed by atoms with Gasteiger partial charge in [-0.2, -0.15) is 21.6 Å². The van der Waals surface area contributed by atoms with Crippen molar-refractivity contribution in [3.63, 3.8) is 0 Å². The van der Waals surface area contributed by atoms with Gasteiger partial charge in [0.05, 0.1) is 0 Å². The standard InChI is InChI=1S/C8H12.CHF3O3S.Rh/c1-2-4-6-8-7-5-3-1;2-1(3,4)8(5,6)7;/h1-4H,5-8H2;(H,5,6,7);/b3-1-,4-2-;;. The summed E-state index contributed by atoms with van der Waals surface area (Å²) in [4.78, 5) is 0. The Morgan fingerprint density at radius 3 is 1.53 bits per heavy atom. The van der Waals surface area contributed by atoms with Crippen LogP contribution in [0.4, 0.5) is 13.2 Å². The van der Waals surface area contributed by atoms with Gasteiger partial charge in [0.1, 0.15) is 0 Å². The SMILES string of the molecule is C1=C\CCCC\C=C/1.O=S(=O)(O)C(F)(F)F.[Rh]. The van der Waals surface area contributed by atoms with Gasteiger partial charge in [-0.3, -0.25) is 4.55 Å². The van der Waals surface area contributed by atoms with Gasteiger partial charge in [0.2, 0.25) is 0 Å². The third-order valence-electron chi connectivity index (χ3n) is 1.67. The Kier molecular flexibility index (Phi) is 9.95. The quantitative estimate of drug-likeness (QED) is 0.410. The fourth-order valence-electron chi connectivity index (χ4n) is 0.874. The molecule has 0 aliphatic heterocycles. The Morgan fingerprint density at radius 1 is 1.00 bits per heavy atom. The van der Waals surface area contributed by atoms with E-state index in [-0.39, 0.29) is 19.5 Å². The third-order valence-corrected chi connectivity index (χ3v) is 2.25. The summed E-state index contributed by atoms with van der Waals surface area (Å²) in [6.45, 7) is 0. The third kappa shape index (κ3) is 10.7. The van der Waals surface area contributed by atoms with Gasteiger partial charge < -0.3 is 0 Å². The predicted molar refractivity (Wildman–Crippen MR) is 54.4 cm³/mol. The van der Waals surface area contributed by atoms with Crippen LogP contribution in [0.25, 0.3) is 0 Å². The van der Waals surface area contributed by atoms with Gasteiger partial charge in [-0.15, -0.1) is 0 Å². The molecule has 1 radical (unpaired) electrons. The molecule has 0 heterocycles. The monoisotopic (exact) mass is 361 g/mol. The fraction of sp³-hybridized carbons (Fsp3) is 0.556. The average Bonchev–Trinajstić information content (AvgIpc) is 1.98. The second kappa shape index (κ2) is 8.83. The molecule has 0 bridgehead atoms. The minimum absolute atomic E-state index is 0. The van der Waals surface area contributed by atoms with Gasteiger partial charge in [0, 0.05) is 19.5 Å². The van der Waals surface area contributed by atoms with E-state index < -0.39 is 15.6 Å². The van der Waals surface area contributed by atoms with Gasteiger partial charge in [0.15, 0.2) is 0 Å². The number of halogens is 3. The van der Waals surface area contributed by atoms with Gasteiger partial charge in [-0.05, 0) is 25.7 Å². The molecule has 0 fully saturated rings. The second-order valence-corrected chi connectivity index (χ2v) is 4.47. The molecule has 17 heavy (non-hydrogen) atoms. The molecule has 1 rings (SSSR count). The van der Waals surface area contributed by atoms with Crippen molar-refractivity contribution in [1.29, 1.82) is 0 Å². The van der Waals surface area contributed by atoms with Crippen LogP contribution in [0, 0.1) is 0 Å². The van der Waals surface area contributed by atoms with E-state index in [4.69, 9.17) is 13.0 Å². The van der Waals surface area contributed by atoms with E-state index in [1.54, 1.807) is 0 Å². The van der Waals surface area contributed by atoms with Crippen LogP contribution in [-0.2, 0) is 29.6 Å². The van der Waals surface area contributed by atoms with Crippen LogP contribution in [0.2, 0.25) is 0 Å². The maximum Gasteiger partial charge on any atom is 0.522 e. The molecule has 8 heteroatoms. The van der Waals surface area contributed by atoms with Crippen molar-refractivity contribution in [1.82, 2.24) is 0 Å². The molecule has 1 aliphatic carbocycles. The molecule has 0 saturated carbocycles. The minimum Gasteiger partial charge on any atom is -0.279 e. The van der Waals surface area contributed by atoms with E-state index >= 15 is 0 Å². The van der Waals surface area contributed by atoms with Gasteiger partial charge in [-0.1, -0.05) is 24.3 Å². The van der Waals surface area contributed by atoms with E-state index in [1.807, 2.05) is 0 Å². The number of rotatable bonds is 0. The first-order valence-corrected chi connectivity index (χ1v) is 6.04. The van der Waals surface area contributed by atoms with Gasteiger partial charge in [0.25, 0.3) is 0 Å². The molecule has 0 unspecified atom stereocenters. The van der Waals surface area contributed by atoms with E-state index in [9.17, 15) is 13.2 Å². The van der Waals surface area contributed by atoms with Crippen LogP contribution in [0.3, 0.4) is 0 Å². The molecular formula is C9H13F3O3RhS. The first-order valence-electron chi connectivity index (χ1n) is 4.60. The zero-order valence-electron chi connectivity index (χ0n) is 8.78. The van der Waals surface area contributed by atoms with Crippen LogP contribution in [0.5, 0.6) is 0 Å². The van der Waals surface area contributed by atoms with Crippen LogP contribution in [0.1, 0.15) is 25.7 Å².